The maximum absolute atomic E-state index is 3.71. The quantitative estimate of drug-likeness (QED) is 0.824. The van der Waals surface area contributed by atoms with Crippen molar-refractivity contribution in [3.05, 3.63) is 22.4 Å². The highest BCUT2D eigenvalue weighted by atomic mass is 32.1. The van der Waals surface area contributed by atoms with E-state index in [1.165, 1.54) is 24.3 Å². The molecule has 2 heterocycles. The smallest absolute Gasteiger partial charge is 0.0438 e. The predicted molar refractivity (Wildman–Crippen MR) is 70.9 cm³/mol. The lowest BCUT2D eigenvalue weighted by atomic mass is 10.0. The van der Waals surface area contributed by atoms with Gasteiger partial charge in [0.05, 0.1) is 0 Å². The summed E-state index contributed by atoms with van der Waals surface area (Å²) in [5, 5.41) is 9.42. The van der Waals surface area contributed by atoms with E-state index in [4.69, 9.17) is 0 Å². The number of rotatable bonds is 5. The molecule has 0 aromatic carbocycles. The molecule has 0 spiro atoms. The minimum Gasteiger partial charge on any atom is -0.313 e. The van der Waals surface area contributed by atoms with Crippen molar-refractivity contribution in [2.45, 2.75) is 38.8 Å². The van der Waals surface area contributed by atoms with Crippen LogP contribution in [0.3, 0.4) is 0 Å². The zero-order chi connectivity index (χ0) is 11.4. The second-order valence-electron chi connectivity index (χ2n) is 4.94. The fourth-order valence-electron chi connectivity index (χ4n) is 2.33. The van der Waals surface area contributed by atoms with Gasteiger partial charge in [0.15, 0.2) is 0 Å². The zero-order valence-electron chi connectivity index (χ0n) is 10.2. The second-order valence-corrected chi connectivity index (χ2v) is 5.92. The van der Waals surface area contributed by atoms with E-state index in [1.54, 1.807) is 0 Å². The van der Waals surface area contributed by atoms with Crippen LogP contribution in [0, 0.1) is 5.92 Å². The highest BCUT2D eigenvalue weighted by molar-refractivity contribution is 7.10. The van der Waals surface area contributed by atoms with E-state index in [2.05, 4.69) is 42.0 Å². The molecule has 2 unspecified atom stereocenters. The molecule has 2 atom stereocenters. The van der Waals surface area contributed by atoms with Gasteiger partial charge in [-0.2, -0.15) is 0 Å². The topological polar surface area (TPSA) is 24.1 Å². The Labute approximate surface area is 102 Å². The van der Waals surface area contributed by atoms with E-state index in [0.29, 0.717) is 18.0 Å². The normalized spacial score (nSPS) is 22.8. The van der Waals surface area contributed by atoms with Gasteiger partial charge in [-0.3, -0.25) is 0 Å². The van der Waals surface area contributed by atoms with Gasteiger partial charge in [0.2, 0.25) is 0 Å². The van der Waals surface area contributed by atoms with Crippen molar-refractivity contribution in [2.75, 3.05) is 13.1 Å². The van der Waals surface area contributed by atoms with Crippen LogP contribution < -0.4 is 10.6 Å². The van der Waals surface area contributed by atoms with Crippen molar-refractivity contribution in [3.8, 4) is 0 Å². The molecule has 1 aliphatic rings. The van der Waals surface area contributed by atoms with Crippen molar-refractivity contribution in [1.29, 1.82) is 0 Å². The van der Waals surface area contributed by atoms with Gasteiger partial charge < -0.3 is 10.6 Å². The average Bonchev–Trinajstić information content (AvgIpc) is 2.88. The Morgan fingerprint density at radius 2 is 2.44 bits per heavy atom. The van der Waals surface area contributed by atoms with Gasteiger partial charge in [0.25, 0.3) is 0 Å². The molecule has 0 bridgehead atoms. The molecule has 0 amide bonds. The molecule has 0 aliphatic carbocycles. The lowest BCUT2D eigenvalue weighted by Gasteiger charge is -2.23. The van der Waals surface area contributed by atoms with Crippen molar-refractivity contribution in [3.63, 3.8) is 0 Å². The van der Waals surface area contributed by atoms with Crippen LogP contribution >= 0.6 is 11.3 Å². The molecule has 0 saturated carbocycles. The Morgan fingerprint density at radius 1 is 1.56 bits per heavy atom. The Hall–Kier alpha value is -0.380. The van der Waals surface area contributed by atoms with Crippen LogP contribution in [0.25, 0.3) is 0 Å². The van der Waals surface area contributed by atoms with Gasteiger partial charge in [0, 0.05) is 23.5 Å². The largest absolute Gasteiger partial charge is 0.313 e. The zero-order valence-corrected chi connectivity index (χ0v) is 11.0. The van der Waals surface area contributed by atoms with E-state index in [0.717, 1.165) is 6.54 Å². The van der Waals surface area contributed by atoms with Crippen molar-refractivity contribution < 1.29 is 0 Å². The summed E-state index contributed by atoms with van der Waals surface area (Å²) in [6, 6.07) is 5.58. The Bertz CT molecular complexity index is 289. The lowest BCUT2D eigenvalue weighted by molar-refractivity contribution is 0.393. The number of thiophene rings is 1. The van der Waals surface area contributed by atoms with E-state index in [9.17, 15) is 0 Å². The van der Waals surface area contributed by atoms with Crippen LogP contribution in [0.1, 0.15) is 37.6 Å². The van der Waals surface area contributed by atoms with E-state index in [-0.39, 0.29) is 0 Å². The van der Waals surface area contributed by atoms with E-state index >= 15 is 0 Å². The summed E-state index contributed by atoms with van der Waals surface area (Å²) in [5.41, 5.74) is 0. The molecule has 0 radical (unpaired) electrons. The molecule has 90 valence electrons. The molecular formula is C13H22N2S. The highest BCUT2D eigenvalue weighted by Crippen LogP contribution is 2.25. The third-order valence-electron chi connectivity index (χ3n) is 3.26. The molecule has 16 heavy (non-hydrogen) atoms. The fourth-order valence-corrected chi connectivity index (χ4v) is 3.31. The lowest BCUT2D eigenvalue weighted by Crippen LogP contribution is -2.37. The summed E-state index contributed by atoms with van der Waals surface area (Å²) < 4.78 is 0. The van der Waals surface area contributed by atoms with Crippen molar-refractivity contribution in [2.24, 2.45) is 5.92 Å². The number of nitrogens with one attached hydrogen (secondary N) is 2. The van der Waals surface area contributed by atoms with Crippen LogP contribution in [-0.2, 0) is 0 Å². The fraction of sp³-hybridized carbons (Fsp3) is 0.692. The highest BCUT2D eigenvalue weighted by Gasteiger charge is 2.19. The minimum atomic E-state index is 0.516. The first kappa shape index (κ1) is 12.1. The molecular weight excluding hydrogens is 216 g/mol. The first-order chi connectivity index (χ1) is 7.77. The maximum Gasteiger partial charge on any atom is 0.0438 e. The SMILES string of the molecule is CC(C)C(NCC1CCCN1)c1cccs1. The average molecular weight is 238 g/mol. The third kappa shape index (κ3) is 3.06. The van der Waals surface area contributed by atoms with Gasteiger partial charge in [-0.1, -0.05) is 19.9 Å². The summed E-state index contributed by atoms with van der Waals surface area (Å²) in [4.78, 5) is 1.47. The minimum absolute atomic E-state index is 0.516. The standard InChI is InChI=1S/C13H22N2S/c1-10(2)13(12-6-4-8-16-12)15-9-11-5-3-7-14-11/h4,6,8,10-11,13-15H,3,5,7,9H2,1-2H3. The first-order valence-electron chi connectivity index (χ1n) is 6.27. The van der Waals surface area contributed by atoms with Crippen LogP contribution in [-0.4, -0.2) is 19.1 Å². The third-order valence-corrected chi connectivity index (χ3v) is 4.22. The molecule has 2 N–H and O–H groups in total. The summed E-state index contributed by atoms with van der Waals surface area (Å²) in [5.74, 6) is 0.653. The van der Waals surface area contributed by atoms with Crippen LogP contribution in [0.15, 0.2) is 17.5 Å². The molecule has 1 aromatic rings. The Kier molecular flexibility index (Phi) is 4.38. The first-order valence-corrected chi connectivity index (χ1v) is 7.15. The molecule has 3 heteroatoms. The summed E-state index contributed by atoms with van der Waals surface area (Å²) in [6.45, 7) is 6.87. The number of hydrogen-bond donors (Lipinski definition) is 2. The molecule has 1 fully saturated rings. The van der Waals surface area contributed by atoms with Crippen LogP contribution in [0.4, 0.5) is 0 Å². The van der Waals surface area contributed by atoms with Crippen molar-refractivity contribution in [1.82, 2.24) is 10.6 Å². The monoisotopic (exact) mass is 238 g/mol. The van der Waals surface area contributed by atoms with Gasteiger partial charge in [-0.25, -0.2) is 0 Å². The van der Waals surface area contributed by atoms with Crippen LogP contribution in [0.5, 0.6) is 0 Å². The van der Waals surface area contributed by atoms with Gasteiger partial charge in [0.1, 0.15) is 0 Å². The second kappa shape index (κ2) is 5.80. The predicted octanol–water partition coefficient (Wildman–Crippen LogP) is 2.79. The van der Waals surface area contributed by atoms with E-state index < -0.39 is 0 Å². The molecule has 1 aliphatic heterocycles. The van der Waals surface area contributed by atoms with Crippen LogP contribution in [0.2, 0.25) is 0 Å². The molecule has 2 rings (SSSR count). The molecule has 1 saturated heterocycles. The van der Waals surface area contributed by atoms with Gasteiger partial charge >= 0.3 is 0 Å². The summed E-state index contributed by atoms with van der Waals surface area (Å²) in [7, 11) is 0. The van der Waals surface area contributed by atoms with Crippen molar-refractivity contribution >= 4 is 11.3 Å². The van der Waals surface area contributed by atoms with Gasteiger partial charge in [-0.15, -0.1) is 11.3 Å². The Morgan fingerprint density at radius 3 is 3.00 bits per heavy atom. The molecule has 1 aromatic heterocycles. The number of hydrogen-bond acceptors (Lipinski definition) is 3. The summed E-state index contributed by atoms with van der Waals surface area (Å²) in [6.07, 6.45) is 2.65. The van der Waals surface area contributed by atoms with E-state index in [1.807, 2.05) is 11.3 Å². The van der Waals surface area contributed by atoms with Gasteiger partial charge in [-0.05, 0) is 36.8 Å². The molecule has 2 nitrogen and oxygen atoms in total. The Balaban J connectivity index is 1.88. The summed E-state index contributed by atoms with van der Waals surface area (Å²) >= 11 is 1.86. The maximum atomic E-state index is 3.71.